The summed E-state index contributed by atoms with van der Waals surface area (Å²) in [5.74, 6) is 1.06. The van der Waals surface area contributed by atoms with Crippen LogP contribution < -0.4 is 5.32 Å². The lowest BCUT2D eigenvalue weighted by molar-refractivity contribution is -0.132. The first-order valence-corrected chi connectivity index (χ1v) is 8.56. The van der Waals surface area contributed by atoms with Crippen LogP contribution in [0.5, 0.6) is 0 Å². The lowest BCUT2D eigenvalue weighted by Gasteiger charge is -2.30. The molecule has 2 bridgehead atoms. The van der Waals surface area contributed by atoms with E-state index in [0.717, 1.165) is 25.9 Å². The fraction of sp³-hybridized carbons (Fsp3) is 0.941. The molecule has 0 aliphatic carbocycles. The van der Waals surface area contributed by atoms with Gasteiger partial charge < -0.3 is 10.2 Å². The van der Waals surface area contributed by atoms with Crippen molar-refractivity contribution in [1.82, 2.24) is 10.2 Å². The van der Waals surface area contributed by atoms with Gasteiger partial charge in [0.15, 0.2) is 0 Å². The van der Waals surface area contributed by atoms with E-state index in [2.05, 4.69) is 24.1 Å². The molecule has 0 spiro atoms. The smallest absolute Gasteiger partial charge is 0.222 e. The highest BCUT2D eigenvalue weighted by Gasteiger charge is 2.35. The van der Waals surface area contributed by atoms with Crippen molar-refractivity contribution in [2.24, 2.45) is 11.3 Å². The maximum atomic E-state index is 12.6. The van der Waals surface area contributed by atoms with Crippen LogP contribution in [0.2, 0.25) is 0 Å². The molecule has 1 N–H and O–H groups in total. The summed E-state index contributed by atoms with van der Waals surface area (Å²) in [6.45, 7) is 6.64. The topological polar surface area (TPSA) is 32.3 Å². The number of hydrogen-bond donors (Lipinski definition) is 1. The van der Waals surface area contributed by atoms with Gasteiger partial charge in [0.05, 0.1) is 0 Å². The van der Waals surface area contributed by atoms with Crippen LogP contribution in [0, 0.1) is 11.3 Å². The van der Waals surface area contributed by atoms with Crippen LogP contribution in [0.25, 0.3) is 0 Å². The van der Waals surface area contributed by atoms with Crippen molar-refractivity contribution in [2.75, 3.05) is 13.1 Å². The van der Waals surface area contributed by atoms with Gasteiger partial charge in [0.25, 0.3) is 0 Å². The highest BCUT2D eigenvalue weighted by Crippen LogP contribution is 2.34. The maximum absolute atomic E-state index is 12.6. The molecule has 20 heavy (non-hydrogen) atoms. The summed E-state index contributed by atoms with van der Waals surface area (Å²) in [5, 5.41) is 3.67. The Morgan fingerprint density at radius 1 is 1.15 bits per heavy atom. The molecule has 3 fully saturated rings. The van der Waals surface area contributed by atoms with Crippen LogP contribution in [0.3, 0.4) is 0 Å². The molecule has 3 heterocycles. The van der Waals surface area contributed by atoms with Crippen LogP contribution in [0.4, 0.5) is 0 Å². The lowest BCUT2D eigenvalue weighted by atomic mass is 9.85. The molecule has 0 aromatic rings. The second-order valence-corrected chi connectivity index (χ2v) is 8.08. The van der Waals surface area contributed by atoms with Gasteiger partial charge in [-0.3, -0.25) is 4.79 Å². The summed E-state index contributed by atoms with van der Waals surface area (Å²) in [5.41, 5.74) is 0.420. The third-order valence-corrected chi connectivity index (χ3v) is 5.73. The molecule has 3 aliphatic heterocycles. The second-order valence-electron chi connectivity index (χ2n) is 8.08. The number of rotatable bonds is 2. The fourth-order valence-corrected chi connectivity index (χ4v) is 4.39. The Morgan fingerprint density at radius 2 is 1.85 bits per heavy atom. The zero-order valence-electron chi connectivity index (χ0n) is 13.2. The lowest BCUT2D eigenvalue weighted by Crippen LogP contribution is -2.40. The van der Waals surface area contributed by atoms with Gasteiger partial charge >= 0.3 is 0 Å². The van der Waals surface area contributed by atoms with Gasteiger partial charge in [-0.25, -0.2) is 0 Å². The van der Waals surface area contributed by atoms with Crippen molar-refractivity contribution >= 4 is 5.91 Å². The summed E-state index contributed by atoms with van der Waals surface area (Å²) >= 11 is 0. The van der Waals surface area contributed by atoms with Crippen molar-refractivity contribution in [2.45, 2.75) is 77.3 Å². The average Bonchev–Trinajstić information content (AvgIpc) is 2.61. The van der Waals surface area contributed by atoms with E-state index in [1.807, 2.05) is 0 Å². The van der Waals surface area contributed by atoms with E-state index < -0.39 is 0 Å². The van der Waals surface area contributed by atoms with Crippen LogP contribution >= 0.6 is 0 Å². The Balaban J connectivity index is 1.51. The normalized spacial score (nSPS) is 36.7. The number of carbonyl (C=O) groups is 1. The summed E-state index contributed by atoms with van der Waals surface area (Å²) in [6, 6.07) is 1.41. The molecule has 3 saturated heterocycles. The molecule has 2 atom stereocenters. The molecule has 0 aromatic heterocycles. The van der Waals surface area contributed by atoms with Crippen LogP contribution in [-0.2, 0) is 4.79 Å². The summed E-state index contributed by atoms with van der Waals surface area (Å²) < 4.78 is 0. The predicted octanol–water partition coefficient (Wildman–Crippen LogP) is 2.95. The molecule has 3 nitrogen and oxygen atoms in total. The van der Waals surface area contributed by atoms with Gasteiger partial charge in [0, 0.05) is 31.6 Å². The molecule has 1 amide bonds. The van der Waals surface area contributed by atoms with Crippen molar-refractivity contribution in [3.05, 3.63) is 0 Å². The maximum Gasteiger partial charge on any atom is 0.222 e. The molecule has 3 heteroatoms. The number of hydrogen-bond acceptors (Lipinski definition) is 2. The SMILES string of the molecule is CC1(C)CCCN(C(=O)CC2CC3CCC(C2)N3)CC1. The molecular weight excluding hydrogens is 248 g/mol. The summed E-state index contributed by atoms with van der Waals surface area (Å²) in [6.07, 6.45) is 9.50. The summed E-state index contributed by atoms with van der Waals surface area (Å²) in [4.78, 5) is 14.7. The second kappa shape index (κ2) is 5.67. The van der Waals surface area contributed by atoms with Crippen molar-refractivity contribution in [3.63, 3.8) is 0 Å². The average molecular weight is 278 g/mol. The van der Waals surface area contributed by atoms with Gasteiger partial charge in [-0.1, -0.05) is 13.8 Å². The van der Waals surface area contributed by atoms with Gasteiger partial charge in [0.1, 0.15) is 0 Å². The van der Waals surface area contributed by atoms with Gasteiger partial charge in [0.2, 0.25) is 5.91 Å². The Labute approximate surface area is 123 Å². The largest absolute Gasteiger partial charge is 0.343 e. The van der Waals surface area contributed by atoms with Crippen molar-refractivity contribution in [3.8, 4) is 0 Å². The van der Waals surface area contributed by atoms with E-state index in [1.165, 1.54) is 38.5 Å². The molecule has 2 unspecified atom stereocenters. The Kier molecular flexibility index (Phi) is 4.07. The van der Waals surface area contributed by atoms with Crippen molar-refractivity contribution < 1.29 is 4.79 Å². The first-order chi connectivity index (χ1) is 9.52. The van der Waals surface area contributed by atoms with E-state index >= 15 is 0 Å². The van der Waals surface area contributed by atoms with Crippen LogP contribution in [0.1, 0.15) is 65.2 Å². The van der Waals surface area contributed by atoms with E-state index in [0.29, 0.717) is 29.3 Å². The number of carbonyl (C=O) groups excluding carboxylic acids is 1. The number of piperidine rings is 1. The highest BCUT2D eigenvalue weighted by atomic mass is 16.2. The van der Waals surface area contributed by atoms with E-state index in [9.17, 15) is 4.79 Å². The van der Waals surface area contributed by atoms with Crippen LogP contribution in [-0.4, -0.2) is 36.0 Å². The highest BCUT2D eigenvalue weighted by molar-refractivity contribution is 5.76. The molecule has 3 rings (SSSR count). The predicted molar refractivity (Wildman–Crippen MR) is 81.5 cm³/mol. The quantitative estimate of drug-likeness (QED) is 0.842. The third kappa shape index (κ3) is 3.36. The molecule has 0 radical (unpaired) electrons. The van der Waals surface area contributed by atoms with Gasteiger partial charge in [-0.05, 0) is 56.3 Å². The first-order valence-electron chi connectivity index (χ1n) is 8.56. The van der Waals surface area contributed by atoms with E-state index in [1.54, 1.807) is 0 Å². The van der Waals surface area contributed by atoms with Gasteiger partial charge in [-0.15, -0.1) is 0 Å². The minimum atomic E-state index is 0.420. The molecule has 0 aromatic carbocycles. The monoisotopic (exact) mass is 278 g/mol. The minimum absolute atomic E-state index is 0.420. The fourth-order valence-electron chi connectivity index (χ4n) is 4.39. The minimum Gasteiger partial charge on any atom is -0.343 e. The first kappa shape index (κ1) is 14.4. The third-order valence-electron chi connectivity index (χ3n) is 5.73. The Morgan fingerprint density at radius 3 is 2.55 bits per heavy atom. The van der Waals surface area contributed by atoms with Crippen LogP contribution in [0.15, 0.2) is 0 Å². The number of nitrogens with one attached hydrogen (secondary N) is 1. The van der Waals surface area contributed by atoms with E-state index in [-0.39, 0.29) is 0 Å². The Hall–Kier alpha value is -0.570. The summed E-state index contributed by atoms with van der Waals surface area (Å²) in [7, 11) is 0. The number of nitrogens with zero attached hydrogens (tertiary/aromatic N) is 1. The molecule has 114 valence electrons. The van der Waals surface area contributed by atoms with Gasteiger partial charge in [-0.2, -0.15) is 0 Å². The molecular formula is C17H30N2O. The molecule has 3 aliphatic rings. The zero-order chi connectivity index (χ0) is 14.2. The number of fused-ring (bicyclic) bond motifs is 2. The number of likely N-dealkylation sites (tertiary alicyclic amines) is 1. The Bertz CT molecular complexity index is 354. The zero-order valence-corrected chi connectivity index (χ0v) is 13.2. The van der Waals surface area contributed by atoms with E-state index in [4.69, 9.17) is 0 Å². The number of amides is 1. The molecule has 0 saturated carbocycles. The standard InChI is InChI=1S/C17H30N2O/c1-17(2)6-3-8-19(9-7-17)16(20)12-13-10-14-4-5-15(11-13)18-14/h13-15,18H,3-12H2,1-2H3. The van der Waals surface area contributed by atoms with Crippen molar-refractivity contribution in [1.29, 1.82) is 0 Å².